The first-order valence-corrected chi connectivity index (χ1v) is 9.28. The van der Waals surface area contributed by atoms with E-state index in [0.717, 1.165) is 0 Å². The minimum atomic E-state index is -1.41. The third-order valence-electron chi connectivity index (χ3n) is 1.20. The van der Waals surface area contributed by atoms with E-state index in [9.17, 15) is 4.79 Å². The van der Waals surface area contributed by atoms with E-state index < -0.39 is 18.1 Å². The molecule has 0 unspecified atom stereocenters. The van der Waals surface area contributed by atoms with Gasteiger partial charge in [0.15, 0.2) is 18.1 Å². The summed E-state index contributed by atoms with van der Waals surface area (Å²) in [7, 11) is -2.10. The van der Waals surface area contributed by atoms with E-state index in [-0.39, 0.29) is 5.97 Å². The Balaban J connectivity index is 3.47. The summed E-state index contributed by atoms with van der Waals surface area (Å²) in [6.45, 7) is 11.5. The van der Waals surface area contributed by atoms with Gasteiger partial charge in [-0.15, -0.1) is 0 Å². The van der Waals surface area contributed by atoms with Crippen molar-refractivity contribution >= 4 is 24.0 Å². The standard InChI is InChI=1S/C8H18O3Si2/c1-7(2)8(9)10-6-12-11-13(3,4)5/h1,6,12H2,2-5H3. The number of rotatable bonds is 5. The summed E-state index contributed by atoms with van der Waals surface area (Å²) in [4.78, 5) is 10.9. The van der Waals surface area contributed by atoms with Crippen LogP contribution in [0.25, 0.3) is 0 Å². The molecular formula is C8H18O3Si2. The molecule has 0 saturated heterocycles. The lowest BCUT2D eigenvalue weighted by Gasteiger charge is -2.17. The molecule has 76 valence electrons. The number of carbonyl (C=O) groups is 1. The summed E-state index contributed by atoms with van der Waals surface area (Å²) in [6, 6.07) is 0. The van der Waals surface area contributed by atoms with Crippen LogP contribution in [0.1, 0.15) is 6.92 Å². The smallest absolute Gasteiger partial charge is 0.332 e. The van der Waals surface area contributed by atoms with Gasteiger partial charge in [0.25, 0.3) is 0 Å². The van der Waals surface area contributed by atoms with Crippen molar-refractivity contribution in [1.29, 1.82) is 0 Å². The Morgan fingerprint density at radius 2 is 2.00 bits per heavy atom. The normalized spacial score (nSPS) is 12.0. The van der Waals surface area contributed by atoms with Crippen molar-refractivity contribution in [3.8, 4) is 0 Å². The van der Waals surface area contributed by atoms with Gasteiger partial charge in [-0.3, -0.25) is 0 Å². The number of carbonyl (C=O) groups excluding carboxylic acids is 1. The minimum absolute atomic E-state index is 0.313. The summed E-state index contributed by atoms with van der Waals surface area (Å²) in [5, 5.41) is 0. The molecule has 3 nitrogen and oxygen atoms in total. The van der Waals surface area contributed by atoms with Crippen LogP contribution in [0, 0.1) is 0 Å². The lowest BCUT2D eigenvalue weighted by Crippen LogP contribution is -2.29. The van der Waals surface area contributed by atoms with Crippen LogP contribution < -0.4 is 0 Å². The van der Waals surface area contributed by atoms with E-state index in [4.69, 9.17) is 8.85 Å². The average molecular weight is 218 g/mol. The fourth-order valence-electron chi connectivity index (χ4n) is 0.605. The van der Waals surface area contributed by atoms with E-state index in [0.29, 0.717) is 11.8 Å². The van der Waals surface area contributed by atoms with Crippen molar-refractivity contribution in [2.24, 2.45) is 0 Å². The maximum Gasteiger partial charge on any atom is 0.332 e. The molecule has 0 aromatic heterocycles. The zero-order chi connectivity index (χ0) is 10.5. The molecule has 0 heterocycles. The number of esters is 1. The highest BCUT2D eigenvalue weighted by molar-refractivity contribution is 6.73. The van der Waals surface area contributed by atoms with Crippen molar-refractivity contribution < 1.29 is 13.6 Å². The van der Waals surface area contributed by atoms with Crippen LogP contribution in [-0.2, 0) is 13.6 Å². The van der Waals surface area contributed by atoms with Crippen LogP contribution in [-0.4, -0.2) is 30.3 Å². The lowest BCUT2D eigenvalue weighted by atomic mass is 10.4. The van der Waals surface area contributed by atoms with E-state index in [2.05, 4.69) is 26.2 Å². The monoisotopic (exact) mass is 218 g/mol. The van der Waals surface area contributed by atoms with Crippen LogP contribution in [0.5, 0.6) is 0 Å². The molecule has 0 spiro atoms. The first-order valence-electron chi connectivity index (χ1n) is 4.29. The third kappa shape index (κ3) is 7.95. The van der Waals surface area contributed by atoms with Gasteiger partial charge < -0.3 is 8.85 Å². The van der Waals surface area contributed by atoms with Gasteiger partial charge in [0.05, 0.1) is 0 Å². The summed E-state index contributed by atoms with van der Waals surface area (Å²) in [5.74, 6) is -0.313. The van der Waals surface area contributed by atoms with E-state index >= 15 is 0 Å². The van der Waals surface area contributed by atoms with Crippen LogP contribution in [0.2, 0.25) is 19.6 Å². The molecule has 0 aromatic carbocycles. The molecule has 0 aromatic rings. The van der Waals surface area contributed by atoms with Crippen LogP contribution in [0.15, 0.2) is 12.2 Å². The number of hydrogen-bond acceptors (Lipinski definition) is 3. The molecule has 0 atom stereocenters. The predicted molar refractivity (Wildman–Crippen MR) is 58.7 cm³/mol. The molecule has 0 N–H and O–H groups in total. The van der Waals surface area contributed by atoms with Crippen molar-refractivity contribution in [2.45, 2.75) is 26.6 Å². The second kappa shape index (κ2) is 5.36. The van der Waals surface area contributed by atoms with Gasteiger partial charge in [0.1, 0.15) is 6.23 Å². The molecule has 13 heavy (non-hydrogen) atoms. The van der Waals surface area contributed by atoms with Gasteiger partial charge in [-0.2, -0.15) is 0 Å². The predicted octanol–water partition coefficient (Wildman–Crippen LogP) is 0.998. The fourth-order valence-corrected chi connectivity index (χ4v) is 3.66. The maximum absolute atomic E-state index is 10.9. The summed E-state index contributed by atoms with van der Waals surface area (Å²) in [5.41, 5.74) is 0.446. The first kappa shape index (κ1) is 12.6. The average Bonchev–Trinajstić information content (AvgIpc) is 1.95. The highest BCUT2D eigenvalue weighted by Gasteiger charge is 2.13. The molecule has 0 fully saturated rings. The Morgan fingerprint density at radius 3 is 2.38 bits per heavy atom. The maximum atomic E-state index is 10.9. The summed E-state index contributed by atoms with van der Waals surface area (Å²) in [6.07, 6.45) is 0.454. The molecule has 0 aliphatic heterocycles. The third-order valence-corrected chi connectivity index (χ3v) is 5.85. The fraction of sp³-hybridized carbons (Fsp3) is 0.625. The van der Waals surface area contributed by atoms with E-state index in [1.807, 2.05) is 0 Å². The van der Waals surface area contributed by atoms with Crippen molar-refractivity contribution in [3.05, 3.63) is 12.2 Å². The quantitative estimate of drug-likeness (QED) is 0.299. The number of ether oxygens (including phenoxy) is 1. The van der Waals surface area contributed by atoms with Gasteiger partial charge >= 0.3 is 5.97 Å². The molecular weight excluding hydrogens is 200 g/mol. The summed E-state index contributed by atoms with van der Waals surface area (Å²) < 4.78 is 10.5. The first-order chi connectivity index (χ1) is 5.83. The van der Waals surface area contributed by atoms with Gasteiger partial charge in [0.2, 0.25) is 0 Å². The van der Waals surface area contributed by atoms with Crippen LogP contribution >= 0.6 is 0 Å². The second-order valence-corrected chi connectivity index (χ2v) is 10.1. The molecule has 0 aliphatic carbocycles. The highest BCUT2D eigenvalue weighted by Crippen LogP contribution is 2.00. The molecule has 0 aliphatic rings. The largest absolute Gasteiger partial charge is 0.464 e. The Kier molecular flexibility index (Phi) is 5.20. The highest BCUT2D eigenvalue weighted by atomic mass is 28.4. The Bertz CT molecular complexity index is 196. The van der Waals surface area contributed by atoms with Crippen LogP contribution in [0.4, 0.5) is 0 Å². The molecule has 0 rings (SSSR count). The van der Waals surface area contributed by atoms with Gasteiger partial charge in [-0.1, -0.05) is 6.58 Å². The zero-order valence-electron chi connectivity index (χ0n) is 8.85. The second-order valence-electron chi connectivity index (χ2n) is 3.88. The molecule has 0 amide bonds. The topological polar surface area (TPSA) is 35.5 Å². The van der Waals surface area contributed by atoms with Crippen molar-refractivity contribution in [2.75, 3.05) is 6.23 Å². The molecule has 0 saturated carbocycles. The zero-order valence-corrected chi connectivity index (χ0v) is 11.3. The SMILES string of the molecule is C=C(C)C(=O)OC[SiH2]O[Si](C)(C)C. The number of hydrogen-bond donors (Lipinski definition) is 0. The van der Waals surface area contributed by atoms with Gasteiger partial charge in [0, 0.05) is 5.57 Å². The van der Waals surface area contributed by atoms with Gasteiger partial charge in [-0.25, -0.2) is 4.79 Å². The van der Waals surface area contributed by atoms with Crippen molar-refractivity contribution in [3.63, 3.8) is 0 Å². The molecule has 0 bridgehead atoms. The Morgan fingerprint density at radius 1 is 1.46 bits per heavy atom. The lowest BCUT2D eigenvalue weighted by molar-refractivity contribution is -0.137. The summed E-state index contributed by atoms with van der Waals surface area (Å²) >= 11 is 0. The Labute approximate surface area is 83.2 Å². The van der Waals surface area contributed by atoms with Crippen molar-refractivity contribution in [1.82, 2.24) is 0 Å². The van der Waals surface area contributed by atoms with Gasteiger partial charge in [-0.05, 0) is 26.6 Å². The molecule has 0 radical (unpaired) electrons. The minimum Gasteiger partial charge on any atom is -0.464 e. The Hall–Kier alpha value is -0.396. The van der Waals surface area contributed by atoms with Crippen LogP contribution in [0.3, 0.4) is 0 Å². The van der Waals surface area contributed by atoms with E-state index in [1.54, 1.807) is 6.92 Å². The van der Waals surface area contributed by atoms with E-state index in [1.165, 1.54) is 0 Å². The molecule has 5 heteroatoms.